The molecular formula is C24H19N3OS. The van der Waals surface area contributed by atoms with Crippen molar-refractivity contribution in [3.8, 4) is 16.9 Å². The van der Waals surface area contributed by atoms with E-state index in [2.05, 4.69) is 18.5 Å². The summed E-state index contributed by atoms with van der Waals surface area (Å²) in [5.41, 5.74) is 3.98. The standard InChI is InChI=1S/C24H19N3OS/c1-3-8-18(4-2)25-23-15-22(28)20-11-12-21(17-13-14-29-16-17)26-24(20)27(23)19-9-6-5-7-10-19/h3-16,25H,1-2H2/b18-8+. The topological polar surface area (TPSA) is 46.9 Å². The molecule has 142 valence electrons. The average molecular weight is 398 g/mol. The Labute approximate surface area is 172 Å². The van der Waals surface area contributed by atoms with Crippen LogP contribution in [0.5, 0.6) is 0 Å². The number of fused-ring (bicyclic) bond motifs is 1. The number of nitrogens with zero attached hydrogens (tertiary/aromatic N) is 2. The smallest absolute Gasteiger partial charge is 0.193 e. The largest absolute Gasteiger partial charge is 0.341 e. The first-order valence-corrected chi connectivity index (χ1v) is 10.0. The van der Waals surface area contributed by atoms with Gasteiger partial charge in [-0.25, -0.2) is 4.98 Å². The Balaban J connectivity index is 2.04. The SMILES string of the molecule is C=C/C=C(\C=C)Nc1cc(=O)c2ccc(-c3ccsc3)nc2n1-c1ccccc1. The van der Waals surface area contributed by atoms with Crippen LogP contribution in [0.1, 0.15) is 0 Å². The highest BCUT2D eigenvalue weighted by molar-refractivity contribution is 7.08. The monoisotopic (exact) mass is 397 g/mol. The molecule has 4 aromatic rings. The summed E-state index contributed by atoms with van der Waals surface area (Å²) >= 11 is 1.61. The Bertz CT molecular complexity index is 1270. The Morgan fingerprint density at radius 3 is 2.62 bits per heavy atom. The molecule has 1 aromatic carbocycles. The number of rotatable bonds is 6. The molecule has 3 aromatic heterocycles. The van der Waals surface area contributed by atoms with Gasteiger partial charge in [0.25, 0.3) is 0 Å². The van der Waals surface area contributed by atoms with Gasteiger partial charge in [0.2, 0.25) is 0 Å². The molecule has 29 heavy (non-hydrogen) atoms. The first-order valence-electron chi connectivity index (χ1n) is 9.08. The van der Waals surface area contributed by atoms with E-state index in [1.165, 1.54) is 0 Å². The Kier molecular flexibility index (Phi) is 5.22. The molecule has 0 aliphatic carbocycles. The van der Waals surface area contributed by atoms with Crippen molar-refractivity contribution in [1.29, 1.82) is 0 Å². The van der Waals surface area contributed by atoms with E-state index in [9.17, 15) is 4.79 Å². The molecule has 0 aliphatic rings. The van der Waals surface area contributed by atoms with E-state index < -0.39 is 0 Å². The zero-order valence-corrected chi connectivity index (χ0v) is 16.5. The fraction of sp³-hybridized carbons (Fsp3) is 0. The summed E-state index contributed by atoms with van der Waals surface area (Å²) in [6.45, 7) is 7.56. The lowest BCUT2D eigenvalue weighted by Crippen LogP contribution is -2.15. The quantitative estimate of drug-likeness (QED) is 0.419. The molecule has 5 heteroatoms. The van der Waals surface area contributed by atoms with Gasteiger partial charge in [0.05, 0.1) is 11.1 Å². The third kappa shape index (κ3) is 3.68. The van der Waals surface area contributed by atoms with E-state index >= 15 is 0 Å². The van der Waals surface area contributed by atoms with E-state index in [1.807, 2.05) is 63.9 Å². The number of hydrogen-bond acceptors (Lipinski definition) is 4. The van der Waals surface area contributed by atoms with Crippen LogP contribution in [0.2, 0.25) is 0 Å². The summed E-state index contributed by atoms with van der Waals surface area (Å²) < 4.78 is 1.95. The van der Waals surface area contributed by atoms with Crippen LogP contribution in [0.15, 0.2) is 107 Å². The maximum absolute atomic E-state index is 12.9. The summed E-state index contributed by atoms with van der Waals surface area (Å²) in [6.07, 6.45) is 5.15. The predicted octanol–water partition coefficient (Wildman–Crippen LogP) is 5.78. The number of hydrogen-bond donors (Lipinski definition) is 1. The molecule has 0 unspecified atom stereocenters. The highest BCUT2D eigenvalue weighted by Crippen LogP contribution is 2.26. The molecule has 0 amide bonds. The normalized spacial score (nSPS) is 11.4. The van der Waals surface area contributed by atoms with Crippen molar-refractivity contribution in [2.45, 2.75) is 0 Å². The van der Waals surface area contributed by atoms with Gasteiger partial charge in [-0.05, 0) is 47.9 Å². The number of thiophene rings is 1. The van der Waals surface area contributed by atoms with Crippen LogP contribution in [-0.2, 0) is 0 Å². The molecule has 0 spiro atoms. The van der Waals surface area contributed by atoms with Crippen molar-refractivity contribution >= 4 is 28.2 Å². The zero-order chi connectivity index (χ0) is 20.2. The van der Waals surface area contributed by atoms with Gasteiger partial charge in [-0.3, -0.25) is 9.36 Å². The van der Waals surface area contributed by atoms with Gasteiger partial charge < -0.3 is 5.32 Å². The third-order valence-electron chi connectivity index (χ3n) is 4.48. The second-order valence-corrected chi connectivity index (χ2v) is 7.11. The number of pyridine rings is 2. The van der Waals surface area contributed by atoms with Crippen LogP contribution in [0.25, 0.3) is 28.0 Å². The summed E-state index contributed by atoms with van der Waals surface area (Å²) in [5.74, 6) is 0.608. The lowest BCUT2D eigenvalue weighted by atomic mass is 10.1. The van der Waals surface area contributed by atoms with Crippen LogP contribution in [0.3, 0.4) is 0 Å². The van der Waals surface area contributed by atoms with Crippen molar-refractivity contribution in [3.63, 3.8) is 0 Å². The van der Waals surface area contributed by atoms with Gasteiger partial charge in [-0.2, -0.15) is 11.3 Å². The minimum Gasteiger partial charge on any atom is -0.341 e. The van der Waals surface area contributed by atoms with E-state index in [0.717, 1.165) is 22.6 Å². The first-order chi connectivity index (χ1) is 14.2. The highest BCUT2D eigenvalue weighted by Gasteiger charge is 2.14. The number of para-hydroxylation sites is 1. The predicted molar refractivity (Wildman–Crippen MR) is 123 cm³/mol. The molecule has 4 nitrogen and oxygen atoms in total. The average Bonchev–Trinajstić information content (AvgIpc) is 3.29. The second-order valence-electron chi connectivity index (χ2n) is 6.33. The summed E-state index contributed by atoms with van der Waals surface area (Å²) in [4.78, 5) is 17.7. The van der Waals surface area contributed by atoms with Crippen molar-refractivity contribution in [1.82, 2.24) is 9.55 Å². The molecule has 3 heterocycles. The van der Waals surface area contributed by atoms with Crippen molar-refractivity contribution < 1.29 is 0 Å². The van der Waals surface area contributed by atoms with Crippen LogP contribution >= 0.6 is 11.3 Å². The maximum Gasteiger partial charge on any atom is 0.193 e. The number of aromatic nitrogens is 2. The molecule has 0 radical (unpaired) electrons. The molecule has 1 N–H and O–H groups in total. The van der Waals surface area contributed by atoms with E-state index in [-0.39, 0.29) is 5.43 Å². The van der Waals surface area contributed by atoms with Crippen LogP contribution < -0.4 is 10.7 Å². The van der Waals surface area contributed by atoms with Crippen LogP contribution in [-0.4, -0.2) is 9.55 Å². The van der Waals surface area contributed by atoms with Gasteiger partial charge in [0.15, 0.2) is 11.1 Å². The number of benzene rings is 1. The summed E-state index contributed by atoms with van der Waals surface area (Å²) in [7, 11) is 0. The van der Waals surface area contributed by atoms with Gasteiger partial charge in [-0.1, -0.05) is 37.4 Å². The Morgan fingerprint density at radius 1 is 1.10 bits per heavy atom. The molecule has 0 atom stereocenters. The van der Waals surface area contributed by atoms with E-state index in [4.69, 9.17) is 4.98 Å². The van der Waals surface area contributed by atoms with Crippen molar-refractivity contribution in [2.24, 2.45) is 0 Å². The third-order valence-corrected chi connectivity index (χ3v) is 5.17. The molecule has 0 saturated heterocycles. The van der Waals surface area contributed by atoms with Crippen LogP contribution in [0.4, 0.5) is 5.82 Å². The Morgan fingerprint density at radius 2 is 1.93 bits per heavy atom. The molecular weight excluding hydrogens is 378 g/mol. The summed E-state index contributed by atoms with van der Waals surface area (Å²) in [5, 5.41) is 7.90. The van der Waals surface area contributed by atoms with E-state index in [1.54, 1.807) is 35.6 Å². The number of nitrogens with one attached hydrogen (secondary N) is 1. The Hall–Kier alpha value is -3.70. The van der Waals surface area contributed by atoms with Gasteiger partial charge in [-0.15, -0.1) is 0 Å². The summed E-state index contributed by atoms with van der Waals surface area (Å²) in [6, 6.07) is 17.2. The molecule has 0 bridgehead atoms. The lowest BCUT2D eigenvalue weighted by molar-refractivity contribution is 1.06. The van der Waals surface area contributed by atoms with Crippen molar-refractivity contribution in [3.05, 3.63) is 113 Å². The fourth-order valence-corrected chi connectivity index (χ4v) is 3.78. The minimum atomic E-state index is -0.0962. The van der Waals surface area contributed by atoms with Crippen molar-refractivity contribution in [2.75, 3.05) is 5.32 Å². The van der Waals surface area contributed by atoms with Gasteiger partial charge in [0, 0.05) is 28.4 Å². The first kappa shape index (κ1) is 18.7. The minimum absolute atomic E-state index is 0.0962. The van der Waals surface area contributed by atoms with Crippen LogP contribution in [0, 0.1) is 0 Å². The molecule has 0 saturated carbocycles. The van der Waals surface area contributed by atoms with Gasteiger partial charge in [0.1, 0.15) is 5.82 Å². The van der Waals surface area contributed by atoms with E-state index in [0.29, 0.717) is 16.9 Å². The molecule has 0 fully saturated rings. The molecule has 4 rings (SSSR count). The molecule has 0 aliphatic heterocycles. The maximum atomic E-state index is 12.9. The van der Waals surface area contributed by atoms with Gasteiger partial charge >= 0.3 is 0 Å². The highest BCUT2D eigenvalue weighted by atomic mass is 32.1. The fourth-order valence-electron chi connectivity index (χ4n) is 3.13. The number of anilines is 1. The zero-order valence-electron chi connectivity index (χ0n) is 15.7. The lowest BCUT2D eigenvalue weighted by Gasteiger charge is -2.18. The second kappa shape index (κ2) is 8.12. The number of allylic oxidation sites excluding steroid dienone is 3.